The van der Waals surface area contributed by atoms with Gasteiger partial charge in [0.15, 0.2) is 0 Å². The van der Waals surface area contributed by atoms with E-state index in [9.17, 15) is 5.11 Å². The van der Waals surface area contributed by atoms with Gasteiger partial charge in [0.2, 0.25) is 0 Å². The van der Waals surface area contributed by atoms with Gasteiger partial charge in [0.1, 0.15) is 17.5 Å². The maximum atomic E-state index is 10.5. The summed E-state index contributed by atoms with van der Waals surface area (Å²) in [5, 5.41) is 13.7. The molecule has 20 heavy (non-hydrogen) atoms. The monoisotopic (exact) mass is 281 g/mol. The van der Waals surface area contributed by atoms with Gasteiger partial charge in [0.05, 0.1) is 5.60 Å². The second kappa shape index (κ2) is 6.34. The number of aliphatic hydroxyl groups is 1. The predicted octanol–water partition coefficient (Wildman–Crippen LogP) is 0.586. The first-order chi connectivity index (χ1) is 9.58. The first-order valence-corrected chi connectivity index (χ1v) is 6.96. The summed E-state index contributed by atoms with van der Waals surface area (Å²) in [6.07, 6.45) is 1.99. The Morgan fingerprint density at radius 2 is 1.95 bits per heavy atom. The molecule has 2 rings (SSSR count). The van der Waals surface area contributed by atoms with E-state index in [4.69, 9.17) is 10.6 Å². The van der Waals surface area contributed by atoms with Crippen LogP contribution in [0.4, 0.5) is 11.6 Å². The molecule has 0 atom stereocenters. The van der Waals surface area contributed by atoms with Gasteiger partial charge < -0.3 is 20.6 Å². The number of ether oxygens (including phenoxy) is 1. The highest BCUT2D eigenvalue weighted by atomic mass is 16.5. The van der Waals surface area contributed by atoms with Gasteiger partial charge in [-0.1, -0.05) is 6.92 Å². The van der Waals surface area contributed by atoms with Crippen LogP contribution in [0.1, 0.15) is 31.2 Å². The second-order valence-corrected chi connectivity index (χ2v) is 5.15. The minimum atomic E-state index is -0.738. The molecule has 7 heteroatoms. The number of hydrazine groups is 1. The molecule has 0 spiro atoms. The van der Waals surface area contributed by atoms with Crippen molar-refractivity contribution in [3.05, 3.63) is 11.4 Å². The SMILES string of the molecule is CCc1nc(NN)c(C)c(NCC2(O)CCOCC2)n1. The van der Waals surface area contributed by atoms with E-state index in [2.05, 4.69) is 20.7 Å². The molecule has 112 valence electrons. The Balaban J connectivity index is 2.12. The number of anilines is 2. The van der Waals surface area contributed by atoms with Gasteiger partial charge in [-0.25, -0.2) is 15.8 Å². The number of aryl methyl sites for hydroxylation is 1. The number of hydrogen-bond donors (Lipinski definition) is 4. The number of nitrogen functional groups attached to an aromatic ring is 1. The Morgan fingerprint density at radius 3 is 2.55 bits per heavy atom. The van der Waals surface area contributed by atoms with Crippen molar-refractivity contribution in [2.75, 3.05) is 30.5 Å². The van der Waals surface area contributed by atoms with Crippen LogP contribution in [-0.4, -0.2) is 40.4 Å². The van der Waals surface area contributed by atoms with E-state index in [0.717, 1.165) is 12.0 Å². The summed E-state index contributed by atoms with van der Waals surface area (Å²) < 4.78 is 5.27. The van der Waals surface area contributed by atoms with Crippen molar-refractivity contribution in [1.82, 2.24) is 9.97 Å². The van der Waals surface area contributed by atoms with E-state index in [1.165, 1.54) is 0 Å². The first-order valence-electron chi connectivity index (χ1n) is 6.96. The van der Waals surface area contributed by atoms with Crippen molar-refractivity contribution in [1.29, 1.82) is 0 Å². The van der Waals surface area contributed by atoms with E-state index in [1.807, 2.05) is 13.8 Å². The Bertz CT molecular complexity index is 460. The van der Waals surface area contributed by atoms with Gasteiger partial charge in [-0.3, -0.25) is 0 Å². The van der Waals surface area contributed by atoms with Crippen LogP contribution in [-0.2, 0) is 11.2 Å². The van der Waals surface area contributed by atoms with Crippen molar-refractivity contribution >= 4 is 11.6 Å². The molecule has 1 aromatic heterocycles. The van der Waals surface area contributed by atoms with Crippen LogP contribution in [0.25, 0.3) is 0 Å². The fraction of sp³-hybridized carbons (Fsp3) is 0.692. The molecule has 1 aromatic rings. The molecule has 0 bridgehead atoms. The van der Waals surface area contributed by atoms with Crippen LogP contribution in [0.3, 0.4) is 0 Å². The fourth-order valence-electron chi connectivity index (χ4n) is 2.21. The van der Waals surface area contributed by atoms with Crippen LogP contribution in [0, 0.1) is 6.92 Å². The third-order valence-corrected chi connectivity index (χ3v) is 3.65. The molecule has 0 radical (unpaired) electrons. The van der Waals surface area contributed by atoms with E-state index in [-0.39, 0.29) is 0 Å². The highest BCUT2D eigenvalue weighted by Gasteiger charge is 2.29. The highest BCUT2D eigenvalue weighted by Crippen LogP contribution is 2.24. The van der Waals surface area contributed by atoms with Gasteiger partial charge in [-0.05, 0) is 6.92 Å². The quantitative estimate of drug-likeness (QED) is 0.462. The molecule has 0 aromatic carbocycles. The molecule has 7 nitrogen and oxygen atoms in total. The van der Waals surface area contributed by atoms with Crippen molar-refractivity contribution < 1.29 is 9.84 Å². The lowest BCUT2D eigenvalue weighted by Gasteiger charge is -2.32. The summed E-state index contributed by atoms with van der Waals surface area (Å²) in [5.41, 5.74) is 2.69. The topological polar surface area (TPSA) is 105 Å². The maximum absolute atomic E-state index is 10.5. The number of nitrogens with two attached hydrogens (primary N) is 1. The number of rotatable bonds is 5. The molecule has 0 unspecified atom stereocenters. The second-order valence-electron chi connectivity index (χ2n) is 5.15. The lowest BCUT2D eigenvalue weighted by Crippen LogP contribution is -2.42. The zero-order chi connectivity index (χ0) is 14.6. The Labute approximate surface area is 118 Å². The van der Waals surface area contributed by atoms with Crippen LogP contribution in [0.15, 0.2) is 0 Å². The average Bonchev–Trinajstić information content (AvgIpc) is 2.47. The number of nitrogens with zero attached hydrogens (tertiary/aromatic N) is 2. The van der Waals surface area contributed by atoms with E-state index >= 15 is 0 Å². The molecule has 5 N–H and O–H groups in total. The summed E-state index contributed by atoms with van der Waals surface area (Å²) in [5.74, 6) is 7.51. The predicted molar refractivity (Wildman–Crippen MR) is 77.4 cm³/mol. The summed E-state index contributed by atoms with van der Waals surface area (Å²) in [7, 11) is 0. The molecule has 0 saturated carbocycles. The molecular formula is C13H23N5O2. The van der Waals surface area contributed by atoms with Crippen molar-refractivity contribution in [3.63, 3.8) is 0 Å². The molecule has 1 fully saturated rings. The fourth-order valence-corrected chi connectivity index (χ4v) is 2.21. The molecule has 1 saturated heterocycles. The lowest BCUT2D eigenvalue weighted by atomic mass is 9.94. The average molecular weight is 281 g/mol. The molecule has 1 aliphatic heterocycles. The summed E-state index contributed by atoms with van der Waals surface area (Å²) >= 11 is 0. The Morgan fingerprint density at radius 1 is 1.30 bits per heavy atom. The Kier molecular flexibility index (Phi) is 4.74. The molecule has 2 heterocycles. The van der Waals surface area contributed by atoms with E-state index in [0.29, 0.717) is 50.1 Å². The largest absolute Gasteiger partial charge is 0.388 e. The lowest BCUT2D eigenvalue weighted by molar-refractivity contribution is -0.0543. The van der Waals surface area contributed by atoms with Gasteiger partial charge >= 0.3 is 0 Å². The normalized spacial score (nSPS) is 17.8. The molecule has 0 aliphatic carbocycles. The van der Waals surface area contributed by atoms with Gasteiger partial charge in [-0.2, -0.15) is 0 Å². The third-order valence-electron chi connectivity index (χ3n) is 3.65. The smallest absolute Gasteiger partial charge is 0.148 e. The van der Waals surface area contributed by atoms with Gasteiger partial charge in [0, 0.05) is 44.6 Å². The summed E-state index contributed by atoms with van der Waals surface area (Å²) in [6, 6.07) is 0. The first kappa shape index (κ1) is 15.0. The minimum absolute atomic E-state index is 0.446. The number of hydrogen-bond acceptors (Lipinski definition) is 7. The van der Waals surface area contributed by atoms with Crippen molar-refractivity contribution in [2.24, 2.45) is 5.84 Å². The van der Waals surface area contributed by atoms with E-state index in [1.54, 1.807) is 0 Å². The van der Waals surface area contributed by atoms with Crippen LogP contribution in [0.5, 0.6) is 0 Å². The third kappa shape index (κ3) is 3.36. The van der Waals surface area contributed by atoms with Gasteiger partial charge in [-0.15, -0.1) is 0 Å². The number of aromatic nitrogens is 2. The van der Waals surface area contributed by atoms with E-state index < -0.39 is 5.60 Å². The van der Waals surface area contributed by atoms with Crippen molar-refractivity contribution in [3.8, 4) is 0 Å². The van der Waals surface area contributed by atoms with Crippen molar-refractivity contribution in [2.45, 2.75) is 38.7 Å². The molecule has 1 aliphatic rings. The summed E-state index contributed by atoms with van der Waals surface area (Å²) in [6.45, 7) is 5.51. The zero-order valence-electron chi connectivity index (χ0n) is 12.1. The number of nitrogens with one attached hydrogen (secondary N) is 2. The zero-order valence-corrected chi connectivity index (χ0v) is 12.1. The van der Waals surface area contributed by atoms with Crippen LogP contribution >= 0.6 is 0 Å². The molecular weight excluding hydrogens is 258 g/mol. The summed E-state index contributed by atoms with van der Waals surface area (Å²) in [4.78, 5) is 8.77. The van der Waals surface area contributed by atoms with Crippen LogP contribution < -0.4 is 16.6 Å². The van der Waals surface area contributed by atoms with Crippen LogP contribution in [0.2, 0.25) is 0 Å². The highest BCUT2D eigenvalue weighted by molar-refractivity contribution is 5.56. The standard InChI is InChI=1S/C13H23N5O2/c1-3-10-16-11(9(2)12(17-10)18-14)15-8-13(19)4-6-20-7-5-13/h19H,3-8,14H2,1-2H3,(H2,15,16,17,18). The maximum Gasteiger partial charge on any atom is 0.148 e. The van der Waals surface area contributed by atoms with Gasteiger partial charge in [0.25, 0.3) is 0 Å². The minimum Gasteiger partial charge on any atom is -0.388 e. The molecule has 0 amide bonds. The Hall–Kier alpha value is -1.44.